The lowest BCUT2D eigenvalue weighted by atomic mass is 10.4. The van der Waals surface area contributed by atoms with Crippen LogP contribution in [0.15, 0.2) is 0 Å². The molecule has 0 aromatic heterocycles. The van der Waals surface area contributed by atoms with Crippen LogP contribution in [0.2, 0.25) is 0 Å². The predicted octanol–water partition coefficient (Wildman–Crippen LogP) is -1.29. The number of urea groups is 1. The second-order valence-electron chi connectivity index (χ2n) is 2.77. The van der Waals surface area contributed by atoms with E-state index in [0.29, 0.717) is 0 Å². The average Bonchev–Trinajstić information content (AvgIpc) is 2.12. The number of imide groups is 1. The Balaban J connectivity index is 3.93. The molecule has 0 radical (unpaired) electrons. The minimum atomic E-state index is -1.13. The van der Waals surface area contributed by atoms with Gasteiger partial charge in [-0.25, -0.2) is 4.79 Å². The van der Waals surface area contributed by atoms with E-state index in [2.05, 4.69) is 0 Å². The number of carbonyl (C=O) groups is 3. The van der Waals surface area contributed by atoms with Crippen molar-refractivity contribution in [3.05, 3.63) is 0 Å². The largest absolute Gasteiger partial charge is 0.480 e. The lowest BCUT2D eigenvalue weighted by Gasteiger charge is -2.11. The summed E-state index contributed by atoms with van der Waals surface area (Å²) in [5.41, 5.74) is 9.96. The second kappa shape index (κ2) is 6.25. The number of carbonyl (C=O) groups excluding carboxylic acids is 2. The molecule has 2 atom stereocenters. The van der Waals surface area contributed by atoms with Gasteiger partial charge in [0, 0.05) is 5.75 Å². The van der Waals surface area contributed by atoms with E-state index in [4.69, 9.17) is 16.6 Å². The zero-order chi connectivity index (χ0) is 12.0. The zero-order valence-corrected chi connectivity index (χ0v) is 8.91. The van der Waals surface area contributed by atoms with Crippen molar-refractivity contribution in [3.63, 3.8) is 0 Å². The quantitative estimate of drug-likeness (QED) is 0.468. The van der Waals surface area contributed by atoms with Crippen LogP contribution in [-0.4, -0.2) is 40.1 Å². The van der Waals surface area contributed by atoms with Gasteiger partial charge in [0.05, 0.1) is 5.25 Å². The summed E-state index contributed by atoms with van der Waals surface area (Å²) in [7, 11) is 0. The first-order valence-corrected chi connectivity index (χ1v) is 5.09. The van der Waals surface area contributed by atoms with Crippen LogP contribution in [0.3, 0.4) is 0 Å². The topological polar surface area (TPSA) is 136 Å². The summed E-state index contributed by atoms with van der Waals surface area (Å²) < 4.78 is 0. The van der Waals surface area contributed by atoms with E-state index in [1.54, 1.807) is 0 Å². The van der Waals surface area contributed by atoms with Crippen LogP contribution in [0.1, 0.15) is 6.92 Å². The van der Waals surface area contributed by atoms with E-state index < -0.39 is 29.2 Å². The number of carboxylic acid groups (broad SMARTS) is 1. The van der Waals surface area contributed by atoms with Gasteiger partial charge in [0.2, 0.25) is 5.91 Å². The maximum Gasteiger partial charge on any atom is 0.321 e. The number of carboxylic acids is 1. The summed E-state index contributed by atoms with van der Waals surface area (Å²) in [6.07, 6.45) is 0. The van der Waals surface area contributed by atoms with Gasteiger partial charge in [0.25, 0.3) is 0 Å². The highest BCUT2D eigenvalue weighted by Crippen LogP contribution is 2.11. The number of rotatable bonds is 5. The highest BCUT2D eigenvalue weighted by molar-refractivity contribution is 8.00. The van der Waals surface area contributed by atoms with Gasteiger partial charge in [-0.05, 0) is 6.92 Å². The van der Waals surface area contributed by atoms with Crippen molar-refractivity contribution in [1.29, 1.82) is 0 Å². The van der Waals surface area contributed by atoms with Crippen molar-refractivity contribution in [2.75, 3.05) is 5.75 Å². The van der Waals surface area contributed by atoms with Crippen molar-refractivity contribution in [2.24, 2.45) is 11.5 Å². The van der Waals surface area contributed by atoms with Crippen molar-refractivity contribution in [2.45, 2.75) is 18.2 Å². The van der Waals surface area contributed by atoms with Crippen molar-refractivity contribution in [1.82, 2.24) is 5.32 Å². The molecule has 0 saturated heterocycles. The number of hydrogen-bond donors (Lipinski definition) is 4. The molecule has 0 rings (SSSR count). The van der Waals surface area contributed by atoms with E-state index >= 15 is 0 Å². The number of aliphatic carboxylic acids is 1. The Morgan fingerprint density at radius 3 is 2.40 bits per heavy atom. The van der Waals surface area contributed by atoms with Gasteiger partial charge in [-0.1, -0.05) is 0 Å². The first kappa shape index (κ1) is 13.7. The summed E-state index contributed by atoms with van der Waals surface area (Å²) in [5.74, 6) is -1.61. The Kier molecular flexibility index (Phi) is 5.72. The van der Waals surface area contributed by atoms with Gasteiger partial charge in [-0.2, -0.15) is 0 Å². The van der Waals surface area contributed by atoms with Gasteiger partial charge >= 0.3 is 12.0 Å². The molecule has 0 spiro atoms. The van der Waals surface area contributed by atoms with E-state index in [1.807, 2.05) is 5.32 Å². The first-order chi connectivity index (χ1) is 6.84. The molecule has 8 heteroatoms. The Morgan fingerprint density at radius 1 is 1.47 bits per heavy atom. The van der Waals surface area contributed by atoms with Gasteiger partial charge in [-0.3, -0.25) is 14.9 Å². The third kappa shape index (κ3) is 5.92. The molecular weight excluding hydrogens is 222 g/mol. The van der Waals surface area contributed by atoms with Crippen LogP contribution in [0, 0.1) is 0 Å². The number of hydrogen-bond acceptors (Lipinski definition) is 5. The summed E-state index contributed by atoms with van der Waals surface area (Å²) >= 11 is 1.04. The maximum atomic E-state index is 11.1. The molecule has 0 fully saturated rings. The standard InChI is InChI=1S/C7H13N3O4S/c1-3(5(11)10-7(9)14)15-2-4(8)6(12)13/h3-4H,2,8H2,1H3,(H,12,13)(H3,9,10,11,14)/t3?,4-/m1/s1. The number of amides is 3. The molecule has 0 aliphatic carbocycles. The Labute approximate surface area is 90.6 Å². The van der Waals surface area contributed by atoms with E-state index in [-0.39, 0.29) is 5.75 Å². The van der Waals surface area contributed by atoms with Gasteiger partial charge in [0.15, 0.2) is 0 Å². The van der Waals surface area contributed by atoms with Gasteiger partial charge in [-0.15, -0.1) is 11.8 Å². The van der Waals surface area contributed by atoms with Crippen molar-refractivity contribution < 1.29 is 19.5 Å². The lowest BCUT2D eigenvalue weighted by molar-refractivity contribution is -0.138. The normalized spacial score (nSPS) is 14.0. The molecule has 0 bridgehead atoms. The maximum absolute atomic E-state index is 11.1. The van der Waals surface area contributed by atoms with Crippen molar-refractivity contribution >= 4 is 29.7 Å². The molecule has 0 heterocycles. The van der Waals surface area contributed by atoms with E-state index in [0.717, 1.165) is 11.8 Å². The fraction of sp³-hybridized carbons (Fsp3) is 0.571. The second-order valence-corrected chi connectivity index (χ2v) is 4.15. The Bertz CT molecular complexity index is 271. The molecule has 0 saturated carbocycles. The third-order valence-corrected chi connectivity index (χ3v) is 2.72. The fourth-order valence-electron chi connectivity index (χ4n) is 0.618. The number of thioether (sulfide) groups is 1. The Hall–Kier alpha value is -1.28. The zero-order valence-electron chi connectivity index (χ0n) is 8.10. The summed E-state index contributed by atoms with van der Waals surface area (Å²) in [6, 6.07) is -1.96. The van der Waals surface area contributed by atoms with Crippen LogP contribution in [0.5, 0.6) is 0 Å². The van der Waals surface area contributed by atoms with Crippen molar-refractivity contribution in [3.8, 4) is 0 Å². The molecular formula is C7H13N3O4S. The van der Waals surface area contributed by atoms with Crippen LogP contribution in [0.25, 0.3) is 0 Å². The monoisotopic (exact) mass is 235 g/mol. The molecule has 15 heavy (non-hydrogen) atoms. The third-order valence-electron chi connectivity index (χ3n) is 1.46. The number of nitrogens with one attached hydrogen (secondary N) is 1. The Morgan fingerprint density at radius 2 is 2.00 bits per heavy atom. The van der Waals surface area contributed by atoms with Gasteiger partial charge < -0.3 is 16.6 Å². The van der Waals surface area contributed by atoms with Crippen LogP contribution < -0.4 is 16.8 Å². The minimum Gasteiger partial charge on any atom is -0.480 e. The smallest absolute Gasteiger partial charge is 0.321 e. The first-order valence-electron chi connectivity index (χ1n) is 4.05. The minimum absolute atomic E-state index is 0.0860. The predicted molar refractivity (Wildman–Crippen MR) is 55.3 cm³/mol. The fourth-order valence-corrected chi connectivity index (χ4v) is 1.47. The lowest BCUT2D eigenvalue weighted by Crippen LogP contribution is -2.40. The molecule has 0 aliphatic rings. The highest BCUT2D eigenvalue weighted by Gasteiger charge is 2.18. The summed E-state index contributed by atoms with van der Waals surface area (Å²) in [5, 5.41) is 9.77. The molecule has 0 aromatic rings. The average molecular weight is 235 g/mol. The molecule has 1 unspecified atom stereocenters. The van der Waals surface area contributed by atoms with Crippen LogP contribution >= 0.6 is 11.8 Å². The molecule has 6 N–H and O–H groups in total. The number of nitrogens with two attached hydrogens (primary N) is 2. The molecule has 0 aromatic carbocycles. The van der Waals surface area contributed by atoms with Crippen LogP contribution in [0.4, 0.5) is 4.79 Å². The molecule has 7 nitrogen and oxygen atoms in total. The van der Waals surface area contributed by atoms with Crippen LogP contribution in [-0.2, 0) is 9.59 Å². The molecule has 0 aliphatic heterocycles. The van der Waals surface area contributed by atoms with E-state index in [1.165, 1.54) is 6.92 Å². The van der Waals surface area contributed by atoms with Gasteiger partial charge in [0.1, 0.15) is 6.04 Å². The molecule has 86 valence electrons. The SMILES string of the molecule is CC(SC[C@@H](N)C(=O)O)C(=O)NC(N)=O. The molecule has 3 amide bonds. The number of primary amides is 1. The summed E-state index contributed by atoms with van der Waals surface area (Å²) in [6.45, 7) is 1.53. The van der Waals surface area contributed by atoms with E-state index in [9.17, 15) is 14.4 Å². The highest BCUT2D eigenvalue weighted by atomic mass is 32.2. The summed E-state index contributed by atoms with van der Waals surface area (Å²) in [4.78, 5) is 31.8.